The maximum absolute atomic E-state index is 12.6. The predicted octanol–water partition coefficient (Wildman–Crippen LogP) is 3.08. The van der Waals surface area contributed by atoms with E-state index in [9.17, 15) is 4.79 Å². The van der Waals surface area contributed by atoms with Crippen LogP contribution in [0.1, 0.15) is 24.3 Å². The molecule has 0 N–H and O–H groups in total. The number of carbonyl (C=O) groups excluding carboxylic acids is 1. The van der Waals surface area contributed by atoms with Gasteiger partial charge in [0.2, 0.25) is 0 Å². The molecule has 0 saturated heterocycles. The zero-order valence-corrected chi connectivity index (χ0v) is 12.9. The average molecular weight is 289 g/mol. The van der Waals surface area contributed by atoms with E-state index in [1.165, 1.54) is 11.8 Å². The Morgan fingerprint density at radius 2 is 1.90 bits per heavy atom. The highest BCUT2D eigenvalue weighted by atomic mass is 32.2. The molecule has 5 heteroatoms. The third-order valence-corrected chi connectivity index (χ3v) is 3.85. The summed E-state index contributed by atoms with van der Waals surface area (Å²) in [6.07, 6.45) is 3.63. The zero-order valence-electron chi connectivity index (χ0n) is 12.0. The van der Waals surface area contributed by atoms with Gasteiger partial charge in [0, 0.05) is 18.8 Å². The third kappa shape index (κ3) is 2.72. The molecule has 0 aliphatic heterocycles. The van der Waals surface area contributed by atoms with E-state index in [1.807, 2.05) is 55.0 Å². The molecule has 0 radical (unpaired) electrons. The molecular weight excluding hydrogens is 270 g/mol. The molecule has 1 aromatic heterocycles. The van der Waals surface area contributed by atoms with Crippen LogP contribution in [0, 0.1) is 0 Å². The van der Waals surface area contributed by atoms with E-state index >= 15 is 0 Å². The number of benzene rings is 1. The van der Waals surface area contributed by atoms with Crippen LogP contribution < -0.4 is 0 Å². The number of imidazole rings is 1. The Balaban J connectivity index is 2.50. The van der Waals surface area contributed by atoms with Gasteiger partial charge >= 0.3 is 0 Å². The van der Waals surface area contributed by atoms with E-state index < -0.39 is 0 Å². The summed E-state index contributed by atoms with van der Waals surface area (Å²) in [5.41, 5.74) is 1.58. The molecule has 0 saturated carbocycles. The summed E-state index contributed by atoms with van der Waals surface area (Å²) in [4.78, 5) is 18.8. The lowest BCUT2D eigenvalue weighted by Crippen LogP contribution is -2.32. The molecule has 106 valence electrons. The van der Waals surface area contributed by atoms with Crippen LogP contribution in [-0.4, -0.2) is 39.7 Å². The molecular formula is C15H19N3OS. The van der Waals surface area contributed by atoms with Crippen LogP contribution in [0.3, 0.4) is 0 Å². The smallest absolute Gasteiger partial charge is 0.272 e. The van der Waals surface area contributed by atoms with Crippen molar-refractivity contribution in [2.45, 2.75) is 19.0 Å². The van der Waals surface area contributed by atoms with Gasteiger partial charge in [-0.05, 0) is 32.2 Å². The summed E-state index contributed by atoms with van der Waals surface area (Å²) >= 11 is 1.54. The number of para-hydroxylation sites is 1. The normalized spacial score (nSPS) is 10.6. The maximum Gasteiger partial charge on any atom is 0.272 e. The van der Waals surface area contributed by atoms with Crippen molar-refractivity contribution in [1.82, 2.24) is 14.5 Å². The molecule has 0 unspecified atom stereocenters. The van der Waals surface area contributed by atoms with Crippen LogP contribution in [-0.2, 0) is 0 Å². The molecule has 1 heterocycles. The van der Waals surface area contributed by atoms with Crippen molar-refractivity contribution < 1.29 is 4.79 Å². The standard InChI is InChI=1S/C15H19N3OS/c1-4-17(5-2)14(19)13-11-16-15(20-3)18(13)12-9-7-6-8-10-12/h6-11H,4-5H2,1-3H3. The zero-order chi connectivity index (χ0) is 14.5. The van der Waals surface area contributed by atoms with Crippen LogP contribution >= 0.6 is 11.8 Å². The fraction of sp³-hybridized carbons (Fsp3) is 0.333. The van der Waals surface area contributed by atoms with E-state index in [-0.39, 0.29) is 5.91 Å². The van der Waals surface area contributed by atoms with Crippen molar-refractivity contribution in [3.63, 3.8) is 0 Å². The van der Waals surface area contributed by atoms with Crippen molar-refractivity contribution >= 4 is 17.7 Å². The Bertz CT molecular complexity index is 576. The lowest BCUT2D eigenvalue weighted by Gasteiger charge is -2.19. The molecule has 0 atom stereocenters. The summed E-state index contributed by atoms with van der Waals surface area (Å²) in [6.45, 7) is 5.37. The van der Waals surface area contributed by atoms with Crippen LogP contribution in [0.2, 0.25) is 0 Å². The van der Waals surface area contributed by atoms with Gasteiger partial charge in [-0.1, -0.05) is 30.0 Å². The van der Waals surface area contributed by atoms with Gasteiger partial charge in [0.1, 0.15) is 5.69 Å². The first-order valence-corrected chi connectivity index (χ1v) is 7.91. The van der Waals surface area contributed by atoms with Crippen molar-refractivity contribution in [2.75, 3.05) is 19.3 Å². The highest BCUT2D eigenvalue weighted by molar-refractivity contribution is 7.98. The first kappa shape index (κ1) is 14.7. The van der Waals surface area contributed by atoms with Gasteiger partial charge in [-0.2, -0.15) is 0 Å². The van der Waals surface area contributed by atoms with E-state index in [4.69, 9.17) is 0 Å². The molecule has 0 bridgehead atoms. The highest BCUT2D eigenvalue weighted by Gasteiger charge is 2.20. The second-order valence-corrected chi connectivity index (χ2v) is 5.05. The Morgan fingerprint density at radius 1 is 1.25 bits per heavy atom. The van der Waals surface area contributed by atoms with Crippen molar-refractivity contribution in [2.24, 2.45) is 0 Å². The van der Waals surface area contributed by atoms with Gasteiger partial charge in [0.05, 0.1) is 6.20 Å². The van der Waals surface area contributed by atoms with E-state index in [0.717, 1.165) is 10.8 Å². The Morgan fingerprint density at radius 3 is 2.45 bits per heavy atom. The topological polar surface area (TPSA) is 38.1 Å². The first-order valence-electron chi connectivity index (χ1n) is 6.69. The Labute approximate surface area is 123 Å². The van der Waals surface area contributed by atoms with Gasteiger partial charge < -0.3 is 4.90 Å². The number of nitrogens with zero attached hydrogens (tertiary/aromatic N) is 3. The van der Waals surface area contributed by atoms with Gasteiger partial charge in [0.15, 0.2) is 5.16 Å². The minimum atomic E-state index is 0.0200. The Kier molecular flexibility index (Phi) is 4.84. The van der Waals surface area contributed by atoms with Crippen molar-refractivity contribution in [3.8, 4) is 5.69 Å². The number of rotatable bonds is 5. The average Bonchev–Trinajstić information content (AvgIpc) is 2.93. The number of hydrogen-bond acceptors (Lipinski definition) is 3. The molecule has 1 aromatic carbocycles. The SMILES string of the molecule is CCN(CC)C(=O)c1cnc(SC)n1-c1ccccc1. The molecule has 4 nitrogen and oxygen atoms in total. The van der Waals surface area contributed by atoms with E-state index in [2.05, 4.69) is 4.98 Å². The Hall–Kier alpha value is -1.75. The summed E-state index contributed by atoms with van der Waals surface area (Å²) in [7, 11) is 0. The second kappa shape index (κ2) is 6.61. The lowest BCUT2D eigenvalue weighted by molar-refractivity contribution is 0.0764. The monoisotopic (exact) mass is 289 g/mol. The highest BCUT2D eigenvalue weighted by Crippen LogP contribution is 2.22. The summed E-state index contributed by atoms with van der Waals surface area (Å²) < 4.78 is 1.92. The van der Waals surface area contributed by atoms with Crippen molar-refractivity contribution in [1.29, 1.82) is 0 Å². The molecule has 20 heavy (non-hydrogen) atoms. The lowest BCUT2D eigenvalue weighted by atomic mass is 10.3. The molecule has 0 aliphatic rings. The minimum absolute atomic E-state index is 0.0200. The number of thioether (sulfide) groups is 1. The van der Waals surface area contributed by atoms with Gasteiger partial charge in [-0.3, -0.25) is 9.36 Å². The van der Waals surface area contributed by atoms with E-state index in [1.54, 1.807) is 11.1 Å². The molecule has 1 amide bonds. The largest absolute Gasteiger partial charge is 0.338 e. The van der Waals surface area contributed by atoms with Gasteiger partial charge in [0.25, 0.3) is 5.91 Å². The van der Waals surface area contributed by atoms with Gasteiger partial charge in [-0.25, -0.2) is 4.98 Å². The maximum atomic E-state index is 12.6. The summed E-state index contributed by atoms with van der Waals surface area (Å²) in [5.74, 6) is 0.0200. The van der Waals surface area contributed by atoms with Crippen molar-refractivity contribution in [3.05, 3.63) is 42.2 Å². The predicted molar refractivity (Wildman–Crippen MR) is 82.6 cm³/mol. The first-order chi connectivity index (χ1) is 9.72. The fourth-order valence-electron chi connectivity index (χ4n) is 2.13. The third-order valence-electron chi connectivity index (χ3n) is 3.20. The summed E-state index contributed by atoms with van der Waals surface area (Å²) in [6, 6.07) is 9.86. The van der Waals surface area contributed by atoms with E-state index in [0.29, 0.717) is 18.8 Å². The molecule has 2 aromatic rings. The van der Waals surface area contributed by atoms with Crippen LogP contribution in [0.15, 0.2) is 41.7 Å². The van der Waals surface area contributed by atoms with Gasteiger partial charge in [-0.15, -0.1) is 0 Å². The summed E-state index contributed by atoms with van der Waals surface area (Å²) in [5, 5.41) is 0.826. The van der Waals surface area contributed by atoms with Crippen LogP contribution in [0.4, 0.5) is 0 Å². The molecule has 0 aliphatic carbocycles. The van der Waals surface area contributed by atoms with Crippen LogP contribution in [0.5, 0.6) is 0 Å². The van der Waals surface area contributed by atoms with Crippen LogP contribution in [0.25, 0.3) is 5.69 Å². The fourth-order valence-corrected chi connectivity index (χ4v) is 2.67. The number of hydrogen-bond donors (Lipinski definition) is 0. The minimum Gasteiger partial charge on any atom is -0.338 e. The number of amides is 1. The molecule has 0 fully saturated rings. The number of aromatic nitrogens is 2. The quantitative estimate of drug-likeness (QED) is 0.794. The number of carbonyl (C=O) groups is 1. The molecule has 0 spiro atoms. The second-order valence-electron chi connectivity index (χ2n) is 4.28. The molecule has 2 rings (SSSR count).